The van der Waals surface area contributed by atoms with E-state index in [0.717, 1.165) is 60.8 Å². The van der Waals surface area contributed by atoms with E-state index in [4.69, 9.17) is 10.1 Å². The van der Waals surface area contributed by atoms with Crippen LogP contribution in [0.15, 0.2) is 46.9 Å². The third-order valence-corrected chi connectivity index (χ3v) is 7.23. The molecule has 1 aromatic rings. The normalized spacial score (nSPS) is 29.0. The van der Waals surface area contributed by atoms with Gasteiger partial charge < -0.3 is 15.1 Å². The summed E-state index contributed by atoms with van der Waals surface area (Å²) in [5, 5.41) is 8.14. The molecule has 3 aliphatic heterocycles. The average molecular weight is 438 g/mol. The van der Waals surface area contributed by atoms with Crippen molar-refractivity contribution < 1.29 is 9.39 Å². The molecular weight excluding hydrogens is 400 g/mol. The standard InChI is InChI=1S/C25H36N6O/c1-18(2)31(14-9-20(4)28-31)17-22-19(3)15-25(5,27-24(22)32)21-7-8-23(26-16-21)30-12-10-29(6)11-13-30/h7-9,14,16,18H,10-13,15,17H2,1-6H3/p+1. The maximum atomic E-state index is 13.3. The number of carbonyl (C=O) groups is 1. The first-order valence-electron chi connectivity index (χ1n) is 11.7. The maximum Gasteiger partial charge on any atom is 0.253 e. The van der Waals surface area contributed by atoms with Crippen LogP contribution in [0.3, 0.4) is 0 Å². The Balaban J connectivity index is 1.53. The van der Waals surface area contributed by atoms with Crippen molar-refractivity contribution in [3.63, 3.8) is 0 Å². The summed E-state index contributed by atoms with van der Waals surface area (Å²) in [6, 6.07) is 4.48. The highest BCUT2D eigenvalue weighted by molar-refractivity contribution is 5.96. The number of aromatic nitrogens is 1. The van der Waals surface area contributed by atoms with Crippen LogP contribution in [0.4, 0.5) is 5.82 Å². The molecule has 2 unspecified atom stereocenters. The van der Waals surface area contributed by atoms with Gasteiger partial charge in [0, 0.05) is 38.5 Å². The number of allylic oxidation sites excluding steroid dienone is 1. The summed E-state index contributed by atoms with van der Waals surface area (Å²) in [5.41, 5.74) is 3.57. The quantitative estimate of drug-likeness (QED) is 0.720. The second-order valence-corrected chi connectivity index (χ2v) is 10.1. The monoisotopic (exact) mass is 437 g/mol. The fourth-order valence-corrected chi connectivity index (χ4v) is 4.93. The van der Waals surface area contributed by atoms with E-state index < -0.39 is 5.54 Å². The summed E-state index contributed by atoms with van der Waals surface area (Å²) < 4.78 is 0.448. The Labute approximate surface area is 192 Å². The van der Waals surface area contributed by atoms with Gasteiger partial charge in [-0.3, -0.25) is 4.79 Å². The Morgan fingerprint density at radius 3 is 2.44 bits per heavy atom. The fraction of sp³-hybridized carbons (Fsp3) is 0.560. The van der Waals surface area contributed by atoms with Crippen LogP contribution in [0, 0.1) is 0 Å². The first-order valence-corrected chi connectivity index (χ1v) is 11.7. The van der Waals surface area contributed by atoms with Gasteiger partial charge in [-0.25, -0.2) is 4.98 Å². The van der Waals surface area contributed by atoms with Crippen molar-refractivity contribution in [3.8, 4) is 0 Å². The Morgan fingerprint density at radius 2 is 1.91 bits per heavy atom. The zero-order chi connectivity index (χ0) is 23.1. The van der Waals surface area contributed by atoms with E-state index in [2.05, 4.69) is 68.2 Å². The van der Waals surface area contributed by atoms with Gasteiger partial charge in [0.1, 0.15) is 24.6 Å². The first kappa shape index (κ1) is 22.7. The number of rotatable bonds is 5. The fourth-order valence-electron chi connectivity index (χ4n) is 4.93. The minimum atomic E-state index is -0.457. The first-order chi connectivity index (χ1) is 15.1. The molecule has 4 heterocycles. The van der Waals surface area contributed by atoms with Crippen LogP contribution in [0.5, 0.6) is 0 Å². The van der Waals surface area contributed by atoms with Crippen LogP contribution in [-0.4, -0.2) is 71.9 Å². The highest BCUT2D eigenvalue weighted by atomic mass is 16.2. The molecule has 0 spiro atoms. The molecule has 0 radical (unpaired) electrons. The molecule has 4 rings (SSSR count). The van der Waals surface area contributed by atoms with E-state index in [-0.39, 0.29) is 11.9 Å². The third-order valence-electron chi connectivity index (χ3n) is 7.23. The predicted molar refractivity (Wildman–Crippen MR) is 129 cm³/mol. The lowest BCUT2D eigenvalue weighted by atomic mass is 9.81. The van der Waals surface area contributed by atoms with E-state index in [1.54, 1.807) is 0 Å². The van der Waals surface area contributed by atoms with Crippen LogP contribution in [-0.2, 0) is 10.3 Å². The minimum Gasteiger partial charge on any atom is -0.354 e. The molecular formula is C25H37N6O+. The van der Waals surface area contributed by atoms with Crippen molar-refractivity contribution >= 4 is 17.4 Å². The van der Waals surface area contributed by atoms with E-state index in [1.807, 2.05) is 19.2 Å². The van der Waals surface area contributed by atoms with Gasteiger partial charge in [0.2, 0.25) is 0 Å². The van der Waals surface area contributed by atoms with Crippen molar-refractivity contribution in [2.45, 2.75) is 52.6 Å². The molecule has 7 heteroatoms. The van der Waals surface area contributed by atoms with Crippen LogP contribution in [0.2, 0.25) is 0 Å². The van der Waals surface area contributed by atoms with Crippen molar-refractivity contribution in [2.75, 3.05) is 44.7 Å². The molecule has 1 saturated heterocycles. The predicted octanol–water partition coefficient (Wildman–Crippen LogP) is 3.01. The van der Waals surface area contributed by atoms with Gasteiger partial charge in [0.25, 0.3) is 5.91 Å². The second kappa shape index (κ2) is 8.45. The largest absolute Gasteiger partial charge is 0.354 e. The van der Waals surface area contributed by atoms with Crippen molar-refractivity contribution in [2.24, 2.45) is 5.10 Å². The number of quaternary nitrogens is 1. The molecule has 0 aromatic carbocycles. The Bertz CT molecular complexity index is 971. The van der Waals surface area contributed by atoms with Gasteiger partial charge in [0.05, 0.1) is 16.8 Å². The Hall–Kier alpha value is -2.51. The third kappa shape index (κ3) is 4.24. The topological polar surface area (TPSA) is 60.8 Å². The molecule has 7 nitrogen and oxygen atoms in total. The van der Waals surface area contributed by atoms with Crippen LogP contribution in [0.1, 0.15) is 46.6 Å². The minimum absolute atomic E-state index is 0.00528. The molecule has 172 valence electrons. The van der Waals surface area contributed by atoms with Gasteiger partial charge >= 0.3 is 0 Å². The number of piperazine rings is 1. The summed E-state index contributed by atoms with van der Waals surface area (Å²) in [4.78, 5) is 22.7. The smallest absolute Gasteiger partial charge is 0.253 e. The molecule has 0 aliphatic carbocycles. The van der Waals surface area contributed by atoms with Crippen LogP contribution >= 0.6 is 0 Å². The lowest BCUT2D eigenvalue weighted by Gasteiger charge is -2.39. The molecule has 1 N–H and O–H groups in total. The summed E-state index contributed by atoms with van der Waals surface area (Å²) in [6.45, 7) is 15.2. The van der Waals surface area contributed by atoms with E-state index in [0.29, 0.717) is 11.1 Å². The van der Waals surface area contributed by atoms with Crippen molar-refractivity contribution in [1.29, 1.82) is 0 Å². The van der Waals surface area contributed by atoms with Gasteiger partial charge in [-0.05, 0) is 59.7 Å². The molecule has 1 fully saturated rings. The number of carbonyl (C=O) groups excluding carboxylic acids is 1. The Morgan fingerprint density at radius 1 is 1.19 bits per heavy atom. The summed E-state index contributed by atoms with van der Waals surface area (Å²) in [5.74, 6) is 1.02. The Kier molecular flexibility index (Phi) is 5.98. The highest BCUT2D eigenvalue weighted by Crippen LogP contribution is 2.35. The van der Waals surface area contributed by atoms with Crippen LogP contribution in [0.25, 0.3) is 0 Å². The molecule has 1 aromatic heterocycles. The number of hydrogen-bond acceptors (Lipinski definition) is 5. The number of nitrogens with one attached hydrogen (secondary N) is 1. The molecule has 2 atom stereocenters. The van der Waals surface area contributed by atoms with Gasteiger partial charge in [0.15, 0.2) is 0 Å². The summed E-state index contributed by atoms with van der Waals surface area (Å²) in [7, 11) is 2.16. The number of hydrogen-bond donors (Lipinski definition) is 1. The maximum absolute atomic E-state index is 13.3. The van der Waals surface area contributed by atoms with Crippen LogP contribution < -0.4 is 10.2 Å². The van der Waals surface area contributed by atoms with E-state index in [9.17, 15) is 4.79 Å². The second-order valence-electron chi connectivity index (χ2n) is 10.1. The molecule has 32 heavy (non-hydrogen) atoms. The average Bonchev–Trinajstić information content (AvgIpc) is 3.13. The number of amides is 1. The number of pyridine rings is 1. The molecule has 0 saturated carbocycles. The number of likely N-dealkylation sites (N-methyl/N-ethyl adjacent to an activating group) is 1. The van der Waals surface area contributed by atoms with Gasteiger partial charge in [-0.1, -0.05) is 16.7 Å². The summed E-state index contributed by atoms with van der Waals surface area (Å²) >= 11 is 0. The lowest BCUT2D eigenvalue weighted by molar-refractivity contribution is -0.900. The zero-order valence-electron chi connectivity index (χ0n) is 20.4. The highest BCUT2D eigenvalue weighted by Gasteiger charge is 2.41. The lowest BCUT2D eigenvalue weighted by Crippen LogP contribution is -2.52. The van der Waals surface area contributed by atoms with Gasteiger partial charge in [-0.15, -0.1) is 0 Å². The zero-order valence-corrected chi connectivity index (χ0v) is 20.4. The molecule has 1 amide bonds. The van der Waals surface area contributed by atoms with Crippen molar-refractivity contribution in [3.05, 3.63) is 47.3 Å². The molecule has 3 aliphatic rings. The van der Waals surface area contributed by atoms with E-state index in [1.165, 1.54) is 0 Å². The van der Waals surface area contributed by atoms with Crippen molar-refractivity contribution in [1.82, 2.24) is 15.2 Å². The van der Waals surface area contributed by atoms with Gasteiger partial charge in [-0.2, -0.15) is 4.59 Å². The number of anilines is 1. The summed E-state index contributed by atoms with van der Waals surface area (Å²) in [6.07, 6.45) is 6.87. The number of nitrogens with zero attached hydrogens (tertiary/aromatic N) is 5. The SMILES string of the molecule is CC1=N[N+](CC2=C(C)CC(C)(c3ccc(N4CCN(C)CC4)nc3)NC2=O)(C(C)C)C=C1. The molecule has 0 bridgehead atoms. The van der Waals surface area contributed by atoms with E-state index >= 15 is 0 Å².